The molecule has 1 spiro atoms. The number of nitrogens with zero attached hydrogens (tertiary/aromatic N) is 1. The minimum absolute atomic E-state index is 0.0238. The average molecular weight is 833 g/mol. The van der Waals surface area contributed by atoms with Gasteiger partial charge in [-0.15, -0.1) is 0 Å². The van der Waals surface area contributed by atoms with Crippen molar-refractivity contribution >= 4 is 84.9 Å². The Bertz CT molecular complexity index is 2000. The van der Waals surface area contributed by atoms with Crippen LogP contribution in [0.5, 0.6) is 0 Å². The number of carbonyl (C=O) groups is 6. The molecule has 2 N–H and O–H groups in total. The molecule has 0 aromatic heterocycles. The van der Waals surface area contributed by atoms with Crippen LogP contribution in [0.15, 0.2) is 112 Å². The maximum absolute atomic E-state index is 13.2. The summed E-state index contributed by atoms with van der Waals surface area (Å²) in [5.74, 6) is -0.866. The van der Waals surface area contributed by atoms with Gasteiger partial charge in [0.2, 0.25) is 5.60 Å². The number of rotatable bonds is 8. The Kier molecular flexibility index (Phi) is 14.1. The van der Waals surface area contributed by atoms with Gasteiger partial charge in [-0.05, 0) is 62.9 Å². The van der Waals surface area contributed by atoms with E-state index in [0.29, 0.717) is 47.6 Å². The van der Waals surface area contributed by atoms with Gasteiger partial charge in [-0.3, -0.25) is 24.0 Å². The number of carbonyl (C=O) groups excluding carboxylic acids is 6. The van der Waals surface area contributed by atoms with E-state index >= 15 is 0 Å². The highest BCUT2D eigenvalue weighted by Crippen LogP contribution is 2.57. The number of anilines is 2. The summed E-state index contributed by atoms with van der Waals surface area (Å²) in [6, 6.07) is 28.9. The van der Waals surface area contributed by atoms with Crippen molar-refractivity contribution in [2.24, 2.45) is 0 Å². The molecule has 268 valence electrons. The van der Waals surface area contributed by atoms with Crippen LogP contribution in [0.3, 0.4) is 0 Å². The highest BCUT2D eigenvalue weighted by atomic mass is 79.9. The molecule has 1 atom stereocenters. The normalized spacial score (nSPS) is 16.0. The average Bonchev–Trinajstić information content (AvgIpc) is 3.60. The quantitative estimate of drug-likeness (QED) is 0.0805. The fourth-order valence-electron chi connectivity index (χ4n) is 5.54. The van der Waals surface area contributed by atoms with Crippen molar-refractivity contribution in [1.82, 2.24) is 0 Å². The molecule has 3 aliphatic heterocycles. The van der Waals surface area contributed by atoms with Crippen molar-refractivity contribution < 1.29 is 38.6 Å². The van der Waals surface area contributed by atoms with Crippen LogP contribution in [-0.4, -0.2) is 54.2 Å². The first-order chi connectivity index (χ1) is 25.1. The molecule has 4 aromatic rings. The van der Waals surface area contributed by atoms with E-state index in [4.69, 9.17) is 9.84 Å². The third-order valence-corrected chi connectivity index (χ3v) is 9.25. The van der Waals surface area contributed by atoms with Crippen LogP contribution in [0.1, 0.15) is 65.0 Å². The van der Waals surface area contributed by atoms with E-state index in [1.54, 1.807) is 47.4 Å². The van der Waals surface area contributed by atoms with E-state index in [2.05, 4.69) is 37.2 Å². The van der Waals surface area contributed by atoms with Gasteiger partial charge < -0.3 is 24.9 Å². The fraction of sp³-hybridized carbons (Fsp3) is 0.200. The number of ketones is 2. The molecule has 4 aromatic carbocycles. The SMILES string of the molecule is CCCN1C(=O)[C@@]2(OC(c3ccccc3)=C2C=O)c2cccc(Br)c21.CCCO.O=C1Nc2c(Br)cccc2C1=O.O=CCC(=O)c1ccccc1. The molecule has 52 heavy (non-hydrogen) atoms. The molecule has 0 saturated heterocycles. The number of hydrogen-bond acceptors (Lipinski definition) is 8. The molecule has 0 bridgehead atoms. The fourth-order valence-corrected chi connectivity index (χ4v) is 6.59. The molecule has 0 fully saturated rings. The number of benzene rings is 4. The molecule has 0 radical (unpaired) electrons. The number of nitrogens with one attached hydrogen (secondary N) is 1. The van der Waals surface area contributed by atoms with Crippen LogP contribution in [0, 0.1) is 0 Å². The smallest absolute Gasteiger partial charge is 0.296 e. The molecule has 10 nitrogen and oxygen atoms in total. The molecule has 3 aliphatic rings. The van der Waals surface area contributed by atoms with Crippen LogP contribution in [0.2, 0.25) is 0 Å². The summed E-state index contributed by atoms with van der Waals surface area (Å²) in [6.45, 7) is 4.84. The summed E-state index contributed by atoms with van der Waals surface area (Å²) in [6.07, 6.45) is 3.04. The van der Waals surface area contributed by atoms with Gasteiger partial charge in [0.05, 0.1) is 28.9 Å². The summed E-state index contributed by atoms with van der Waals surface area (Å²) in [5, 5.41) is 10.4. The number of halogens is 2. The van der Waals surface area contributed by atoms with Gasteiger partial charge in [0.1, 0.15) is 12.0 Å². The lowest BCUT2D eigenvalue weighted by Gasteiger charge is -2.40. The van der Waals surface area contributed by atoms with E-state index in [1.807, 2.05) is 68.4 Å². The first-order valence-electron chi connectivity index (χ1n) is 16.4. The minimum atomic E-state index is -1.32. The molecule has 0 unspecified atom stereocenters. The number of fused-ring (bicyclic) bond motifs is 3. The van der Waals surface area contributed by atoms with E-state index in [9.17, 15) is 28.8 Å². The molecular formula is C40H36Br2N2O8. The molecule has 12 heteroatoms. The monoisotopic (exact) mass is 830 g/mol. The van der Waals surface area contributed by atoms with Crippen LogP contribution in [0.25, 0.3) is 5.76 Å². The molecule has 0 aliphatic carbocycles. The second-order valence-electron chi connectivity index (χ2n) is 11.4. The summed E-state index contributed by atoms with van der Waals surface area (Å²) >= 11 is 6.77. The number of ether oxygens (including phenoxy) is 1. The lowest BCUT2D eigenvalue weighted by Crippen LogP contribution is -2.49. The largest absolute Gasteiger partial charge is 0.466 e. The topological polar surface area (TPSA) is 147 Å². The number of aldehydes is 2. The zero-order valence-electron chi connectivity index (χ0n) is 28.4. The maximum Gasteiger partial charge on any atom is 0.296 e. The van der Waals surface area contributed by atoms with Gasteiger partial charge >= 0.3 is 0 Å². The van der Waals surface area contributed by atoms with Crippen molar-refractivity contribution in [1.29, 1.82) is 0 Å². The van der Waals surface area contributed by atoms with Crippen LogP contribution >= 0.6 is 31.9 Å². The highest BCUT2D eigenvalue weighted by molar-refractivity contribution is 9.11. The summed E-state index contributed by atoms with van der Waals surface area (Å²) < 4.78 is 7.64. The number of amides is 2. The maximum atomic E-state index is 13.2. The highest BCUT2D eigenvalue weighted by Gasteiger charge is 2.63. The number of para-hydroxylation sites is 2. The summed E-state index contributed by atoms with van der Waals surface area (Å²) in [4.78, 5) is 69.9. The van der Waals surface area contributed by atoms with E-state index in [1.165, 1.54) is 0 Å². The lowest BCUT2D eigenvalue weighted by molar-refractivity contribution is -0.137. The van der Waals surface area contributed by atoms with Crippen molar-refractivity contribution in [3.05, 3.63) is 134 Å². The first kappa shape index (κ1) is 39.7. The van der Waals surface area contributed by atoms with Crippen LogP contribution in [0.4, 0.5) is 11.4 Å². The van der Waals surface area contributed by atoms with Crippen molar-refractivity contribution in [2.75, 3.05) is 23.4 Å². The zero-order chi connectivity index (χ0) is 37.8. The molecule has 0 saturated carbocycles. The molecular weight excluding hydrogens is 796 g/mol. The second-order valence-corrected chi connectivity index (χ2v) is 13.1. The Morgan fingerprint density at radius 3 is 2.04 bits per heavy atom. The Morgan fingerprint density at radius 1 is 0.846 bits per heavy atom. The van der Waals surface area contributed by atoms with Crippen LogP contribution in [-0.2, 0) is 29.5 Å². The third kappa shape index (κ3) is 8.20. The Hall–Kier alpha value is -5.04. The number of hydrogen-bond donors (Lipinski definition) is 2. The van der Waals surface area contributed by atoms with Gasteiger partial charge in [-0.25, -0.2) is 0 Å². The summed E-state index contributed by atoms with van der Waals surface area (Å²) in [7, 11) is 0. The number of Topliss-reactive ketones (excluding diaryl/α,β-unsaturated/α-hetero) is 2. The van der Waals surface area contributed by atoms with Gasteiger partial charge in [-0.2, -0.15) is 0 Å². The predicted molar refractivity (Wildman–Crippen MR) is 205 cm³/mol. The van der Waals surface area contributed by atoms with Gasteiger partial charge in [0.15, 0.2) is 12.1 Å². The second kappa shape index (κ2) is 18.5. The van der Waals surface area contributed by atoms with Gasteiger partial charge in [0.25, 0.3) is 17.6 Å². The zero-order valence-corrected chi connectivity index (χ0v) is 31.6. The van der Waals surface area contributed by atoms with Crippen molar-refractivity contribution in [2.45, 2.75) is 38.7 Å². The third-order valence-electron chi connectivity index (χ3n) is 7.95. The molecule has 3 heterocycles. The van der Waals surface area contributed by atoms with E-state index in [0.717, 1.165) is 44.9 Å². The predicted octanol–water partition coefficient (Wildman–Crippen LogP) is 7.47. The van der Waals surface area contributed by atoms with Gasteiger partial charge in [-0.1, -0.05) is 92.7 Å². The Balaban J connectivity index is 0.000000186. The van der Waals surface area contributed by atoms with E-state index in [-0.39, 0.29) is 18.1 Å². The summed E-state index contributed by atoms with van der Waals surface area (Å²) in [5.41, 5.74) is 3.00. The Morgan fingerprint density at radius 2 is 1.46 bits per heavy atom. The number of aliphatic hydroxyl groups is 1. The number of aliphatic hydroxyl groups excluding tert-OH is 1. The van der Waals surface area contributed by atoms with Crippen molar-refractivity contribution in [3.8, 4) is 0 Å². The van der Waals surface area contributed by atoms with Gasteiger partial charge in [0, 0.05) is 38.8 Å². The molecule has 2 amide bonds. The standard InChI is InChI=1S/C20H16BrNO3.C9H8O2.C8H4BrNO2.C3H8O/c1-2-11-22-17-14(9-6-10-16(17)21)20(19(22)24)15(12-23)18(25-20)13-7-4-3-5-8-13;10-7-6-9(11)8-4-2-1-3-5-8;9-5-3-1-2-4-6(5)10-8(12)7(4)11;1-2-3-4/h3-10,12H,2,11H2,1H3;1-5,7H,6H2;1-3H,(H,10,11,12);4H,2-3H2,1H3/t20-;;;/m1.../s1. The lowest BCUT2D eigenvalue weighted by atomic mass is 9.81. The molecule has 7 rings (SSSR count). The van der Waals surface area contributed by atoms with Crippen LogP contribution < -0.4 is 10.2 Å². The van der Waals surface area contributed by atoms with Crippen molar-refractivity contribution in [3.63, 3.8) is 0 Å². The first-order valence-corrected chi connectivity index (χ1v) is 18.0. The van der Waals surface area contributed by atoms with E-state index < -0.39 is 17.3 Å². The minimum Gasteiger partial charge on any atom is -0.466 e. The Labute approximate surface area is 318 Å².